The fraction of sp³-hybridized carbons (Fsp3) is 0.273. The topological polar surface area (TPSA) is 104 Å². The van der Waals surface area contributed by atoms with E-state index in [0.717, 1.165) is 24.5 Å². The van der Waals surface area contributed by atoms with Crippen LogP contribution in [0.25, 0.3) is 0 Å². The summed E-state index contributed by atoms with van der Waals surface area (Å²) in [6.45, 7) is 2.58. The number of carbonyl (C=O) groups excluding carboxylic acids is 1. The first-order valence-electron chi connectivity index (χ1n) is 9.85. The molecule has 8 nitrogen and oxygen atoms in total. The average molecular weight is 444 g/mol. The van der Waals surface area contributed by atoms with Gasteiger partial charge in [0.15, 0.2) is 0 Å². The minimum atomic E-state index is -1.26. The highest BCUT2D eigenvalue weighted by Gasteiger charge is 2.35. The van der Waals surface area contributed by atoms with Crippen molar-refractivity contribution in [3.63, 3.8) is 0 Å². The van der Waals surface area contributed by atoms with E-state index in [1.54, 1.807) is 34.3 Å². The molecule has 0 bridgehead atoms. The summed E-state index contributed by atoms with van der Waals surface area (Å²) in [7, 11) is 0. The number of hydrogen-bond donors (Lipinski definition) is 1. The zero-order chi connectivity index (χ0) is 22.5. The van der Waals surface area contributed by atoms with Gasteiger partial charge in [-0.3, -0.25) is 14.9 Å². The highest BCUT2D eigenvalue weighted by Crippen LogP contribution is 2.34. The zero-order valence-corrected chi connectivity index (χ0v) is 17.7. The van der Waals surface area contributed by atoms with E-state index in [2.05, 4.69) is 0 Å². The van der Waals surface area contributed by atoms with Gasteiger partial charge >= 0.3 is 5.97 Å². The maximum atomic E-state index is 13.3. The standard InChI is InChI=1S/C22H22ClN3O5/c1-2-3-10-24-11-12-25(18-9-6-16(22(28)29)14-19(18)26(30)31)20(21(24)27)13-15-4-7-17(23)8-5-15/h4-9,11-12,14,20H,2-3,10,13H2,1H3,(H,28,29)/t20-/m0/s1. The Bertz CT molecular complexity index is 1020. The van der Waals surface area contributed by atoms with Crippen LogP contribution in [0.2, 0.25) is 5.02 Å². The Morgan fingerprint density at radius 1 is 1.19 bits per heavy atom. The number of benzene rings is 2. The molecule has 1 N–H and O–H groups in total. The molecule has 1 aliphatic heterocycles. The van der Waals surface area contributed by atoms with Crippen LogP contribution in [0.5, 0.6) is 0 Å². The lowest BCUT2D eigenvalue weighted by Crippen LogP contribution is -2.50. The van der Waals surface area contributed by atoms with Crippen molar-refractivity contribution in [3.8, 4) is 0 Å². The van der Waals surface area contributed by atoms with Gasteiger partial charge in [0.1, 0.15) is 11.7 Å². The third-order valence-corrected chi connectivity index (χ3v) is 5.36. The summed E-state index contributed by atoms with van der Waals surface area (Å²) in [6, 6.07) is 10.0. The first kappa shape index (κ1) is 22.3. The van der Waals surface area contributed by atoms with Crippen LogP contribution in [-0.2, 0) is 11.2 Å². The summed E-state index contributed by atoms with van der Waals surface area (Å²) in [5.41, 5.74) is 0.444. The van der Waals surface area contributed by atoms with Gasteiger partial charge in [-0.25, -0.2) is 4.79 Å². The predicted octanol–water partition coefficient (Wildman–Crippen LogP) is 4.48. The van der Waals surface area contributed by atoms with E-state index in [0.29, 0.717) is 18.0 Å². The van der Waals surface area contributed by atoms with Crippen LogP contribution >= 0.6 is 11.6 Å². The number of nitro benzene ring substituents is 1. The van der Waals surface area contributed by atoms with E-state index in [9.17, 15) is 24.8 Å². The molecule has 0 aromatic heterocycles. The van der Waals surface area contributed by atoms with E-state index in [1.807, 2.05) is 19.1 Å². The van der Waals surface area contributed by atoms with Crippen LogP contribution in [0.1, 0.15) is 35.7 Å². The van der Waals surface area contributed by atoms with Crippen molar-refractivity contribution in [2.75, 3.05) is 11.4 Å². The molecule has 0 radical (unpaired) electrons. The Morgan fingerprint density at radius 2 is 1.90 bits per heavy atom. The molecule has 2 aromatic rings. The number of nitro groups is 1. The molecule has 1 amide bonds. The van der Waals surface area contributed by atoms with Gasteiger partial charge < -0.3 is 14.9 Å². The van der Waals surface area contributed by atoms with E-state index < -0.39 is 16.9 Å². The quantitative estimate of drug-likeness (QED) is 0.476. The van der Waals surface area contributed by atoms with E-state index in [4.69, 9.17) is 11.6 Å². The molecule has 0 unspecified atom stereocenters. The van der Waals surface area contributed by atoms with Crippen molar-refractivity contribution in [2.24, 2.45) is 0 Å². The molecule has 0 saturated heterocycles. The average Bonchev–Trinajstić information content (AvgIpc) is 2.75. The molecule has 2 aromatic carbocycles. The third-order valence-electron chi connectivity index (χ3n) is 5.10. The minimum absolute atomic E-state index is 0.161. The summed E-state index contributed by atoms with van der Waals surface area (Å²) in [6.07, 6.45) is 5.31. The maximum absolute atomic E-state index is 13.3. The molecule has 1 aliphatic rings. The van der Waals surface area contributed by atoms with E-state index >= 15 is 0 Å². The molecule has 1 heterocycles. The number of unbranched alkanes of at least 4 members (excludes halogenated alkanes) is 1. The first-order chi connectivity index (χ1) is 14.8. The molecule has 9 heteroatoms. The van der Waals surface area contributed by atoms with Crippen molar-refractivity contribution in [3.05, 3.63) is 81.1 Å². The highest BCUT2D eigenvalue weighted by molar-refractivity contribution is 6.30. The largest absolute Gasteiger partial charge is 0.478 e. The second kappa shape index (κ2) is 9.61. The van der Waals surface area contributed by atoms with Crippen molar-refractivity contribution < 1.29 is 19.6 Å². The summed E-state index contributed by atoms with van der Waals surface area (Å²) in [5.74, 6) is -1.44. The number of carboxylic acids is 1. The SMILES string of the molecule is CCCCN1C=CN(c2ccc(C(=O)O)cc2[N+](=O)[O-])[C@@H](Cc2ccc(Cl)cc2)C1=O. The zero-order valence-electron chi connectivity index (χ0n) is 16.9. The Balaban J connectivity index is 2.04. The van der Waals surface area contributed by atoms with Gasteiger partial charge in [-0.1, -0.05) is 37.1 Å². The van der Waals surface area contributed by atoms with Crippen LogP contribution in [0.15, 0.2) is 54.9 Å². The molecular weight excluding hydrogens is 422 g/mol. The molecule has 0 aliphatic carbocycles. The Hall–Kier alpha value is -3.39. The minimum Gasteiger partial charge on any atom is -0.478 e. The van der Waals surface area contributed by atoms with Gasteiger partial charge in [-0.05, 0) is 36.2 Å². The van der Waals surface area contributed by atoms with Crippen molar-refractivity contribution in [1.82, 2.24) is 4.90 Å². The number of carboxylic acid groups (broad SMARTS) is 1. The Labute approximate surface area is 184 Å². The number of amides is 1. The van der Waals surface area contributed by atoms with Crippen LogP contribution in [-0.4, -0.2) is 39.4 Å². The lowest BCUT2D eigenvalue weighted by Gasteiger charge is -2.37. The first-order valence-corrected chi connectivity index (χ1v) is 10.2. The number of nitrogens with zero attached hydrogens (tertiary/aromatic N) is 3. The van der Waals surface area contributed by atoms with Gasteiger partial charge in [0.2, 0.25) is 5.91 Å². The molecule has 162 valence electrons. The fourth-order valence-electron chi connectivity index (χ4n) is 3.45. The maximum Gasteiger partial charge on any atom is 0.335 e. The number of anilines is 1. The van der Waals surface area contributed by atoms with Gasteiger partial charge in [-0.15, -0.1) is 0 Å². The molecule has 0 fully saturated rings. The normalized spacial score (nSPS) is 15.9. The number of carbonyl (C=O) groups is 2. The van der Waals surface area contributed by atoms with Crippen molar-refractivity contribution in [2.45, 2.75) is 32.2 Å². The fourth-order valence-corrected chi connectivity index (χ4v) is 3.58. The molecule has 3 rings (SSSR count). The highest BCUT2D eigenvalue weighted by atomic mass is 35.5. The smallest absolute Gasteiger partial charge is 0.335 e. The Morgan fingerprint density at radius 3 is 2.52 bits per heavy atom. The van der Waals surface area contributed by atoms with E-state index in [-0.39, 0.29) is 22.8 Å². The Kier molecular flexibility index (Phi) is 6.91. The van der Waals surface area contributed by atoms with Crippen LogP contribution < -0.4 is 4.90 Å². The number of aromatic carboxylic acids is 1. The summed E-state index contributed by atoms with van der Waals surface area (Å²) >= 11 is 5.96. The lowest BCUT2D eigenvalue weighted by molar-refractivity contribution is -0.384. The van der Waals surface area contributed by atoms with E-state index in [1.165, 1.54) is 12.1 Å². The molecule has 1 atom stereocenters. The molecule has 0 saturated carbocycles. The van der Waals surface area contributed by atoms with Crippen LogP contribution in [0, 0.1) is 10.1 Å². The number of halogens is 1. The van der Waals surface area contributed by atoms with Gasteiger partial charge in [0, 0.05) is 36.5 Å². The summed E-state index contributed by atoms with van der Waals surface area (Å²) in [4.78, 5) is 38.8. The van der Waals surface area contributed by atoms with Gasteiger partial charge in [-0.2, -0.15) is 0 Å². The molecule has 0 spiro atoms. The molecule has 31 heavy (non-hydrogen) atoms. The third kappa shape index (κ3) is 5.03. The predicted molar refractivity (Wildman–Crippen MR) is 117 cm³/mol. The second-order valence-corrected chi connectivity index (χ2v) is 7.64. The summed E-state index contributed by atoms with van der Waals surface area (Å²) in [5, 5.41) is 21.4. The monoisotopic (exact) mass is 443 g/mol. The van der Waals surface area contributed by atoms with Gasteiger partial charge in [0.25, 0.3) is 5.69 Å². The second-order valence-electron chi connectivity index (χ2n) is 7.20. The van der Waals surface area contributed by atoms with Crippen molar-refractivity contribution in [1.29, 1.82) is 0 Å². The van der Waals surface area contributed by atoms with Crippen LogP contribution in [0.3, 0.4) is 0 Å². The van der Waals surface area contributed by atoms with Crippen LogP contribution in [0.4, 0.5) is 11.4 Å². The lowest BCUT2D eigenvalue weighted by atomic mass is 10.0. The number of hydrogen-bond acceptors (Lipinski definition) is 5. The van der Waals surface area contributed by atoms with Gasteiger partial charge in [0.05, 0.1) is 10.5 Å². The molecular formula is C22H22ClN3O5. The van der Waals surface area contributed by atoms with Crippen molar-refractivity contribution >= 4 is 34.9 Å². The number of rotatable bonds is 8. The summed E-state index contributed by atoms with van der Waals surface area (Å²) < 4.78 is 0.